The van der Waals surface area contributed by atoms with Gasteiger partial charge in [0.1, 0.15) is 21.5 Å². The molecule has 3 atom stereocenters. The first kappa shape index (κ1) is 23.1. The summed E-state index contributed by atoms with van der Waals surface area (Å²) in [5.74, 6) is -2.96. The average molecular weight is 521 g/mol. The summed E-state index contributed by atoms with van der Waals surface area (Å²) < 4.78 is 5.31. The predicted molar refractivity (Wildman–Crippen MR) is 136 cm³/mol. The molecule has 182 valence electrons. The van der Waals surface area contributed by atoms with Crippen molar-refractivity contribution < 1.29 is 19.1 Å². The number of alkyl halides is 2. The van der Waals surface area contributed by atoms with Crippen LogP contribution in [0.25, 0.3) is 0 Å². The molecule has 1 heterocycles. The number of nitrogens with one attached hydrogen (secondary N) is 1. The minimum absolute atomic E-state index is 0.441. The van der Waals surface area contributed by atoms with E-state index in [1.165, 1.54) is 14.0 Å². The molecule has 3 amide bonds. The van der Waals surface area contributed by atoms with Crippen molar-refractivity contribution in [3.8, 4) is 5.75 Å². The maximum Gasteiger partial charge on any atom is 0.247 e. The van der Waals surface area contributed by atoms with Crippen LogP contribution in [-0.2, 0) is 24.1 Å². The molecule has 4 aliphatic rings. The fourth-order valence-corrected chi connectivity index (χ4v) is 7.27. The lowest BCUT2D eigenvalue weighted by molar-refractivity contribution is -0.146. The number of imide groups is 1. The molecule has 7 rings (SSSR count). The molecule has 2 bridgehead atoms. The van der Waals surface area contributed by atoms with Crippen LogP contribution < -0.4 is 10.1 Å². The maximum absolute atomic E-state index is 14.0. The molecule has 3 aromatic carbocycles. The van der Waals surface area contributed by atoms with Gasteiger partial charge in [0.2, 0.25) is 17.7 Å². The standard InChI is InChI=1S/C28H22Cl2N2O4/c1-15(24(33)31-20-13-7-8-14-21(20)36-2)32-25(34)22-23(26(32)35)28(30)17-10-4-3-9-16(17)27(22,29)18-11-5-6-12-19(18)28/h3-15,22-23H,1-2H3,(H,31,33)/t15-,22+,23+,27?,28?/m0/s1. The highest BCUT2D eigenvalue weighted by molar-refractivity contribution is 6.36. The van der Waals surface area contributed by atoms with Crippen molar-refractivity contribution >= 4 is 46.6 Å². The Balaban J connectivity index is 1.44. The van der Waals surface area contributed by atoms with Crippen molar-refractivity contribution in [2.75, 3.05) is 12.4 Å². The molecule has 0 unspecified atom stereocenters. The fourth-order valence-electron chi connectivity index (χ4n) is 6.17. The number of likely N-dealkylation sites (tertiary alicyclic amines) is 1. The van der Waals surface area contributed by atoms with E-state index in [2.05, 4.69) is 5.32 Å². The average Bonchev–Trinajstić information content (AvgIpc) is 3.18. The largest absolute Gasteiger partial charge is 0.495 e. The number of methoxy groups -OCH3 is 1. The second-order valence-electron chi connectivity index (χ2n) is 9.38. The van der Waals surface area contributed by atoms with Crippen molar-refractivity contribution in [3.05, 3.63) is 95.1 Å². The van der Waals surface area contributed by atoms with Crippen LogP contribution in [-0.4, -0.2) is 35.8 Å². The molecule has 1 fully saturated rings. The van der Waals surface area contributed by atoms with E-state index in [4.69, 9.17) is 27.9 Å². The SMILES string of the molecule is COc1ccccc1NC(=O)[C@H](C)N1C(=O)[C@H]2[C@H](C1=O)C1(Cl)c3ccccc3C2(Cl)c2ccccc21. The number of anilines is 1. The Labute approximate surface area is 218 Å². The lowest BCUT2D eigenvalue weighted by Crippen LogP contribution is -2.57. The Morgan fingerprint density at radius 1 is 0.833 bits per heavy atom. The maximum atomic E-state index is 14.0. The van der Waals surface area contributed by atoms with E-state index in [9.17, 15) is 14.4 Å². The number of carbonyl (C=O) groups is 3. The third-order valence-electron chi connectivity index (χ3n) is 7.75. The molecule has 0 spiro atoms. The van der Waals surface area contributed by atoms with Gasteiger partial charge in [0.05, 0.1) is 24.6 Å². The fraction of sp³-hybridized carbons (Fsp3) is 0.250. The summed E-state index contributed by atoms with van der Waals surface area (Å²) in [6.45, 7) is 1.53. The molecule has 0 aromatic heterocycles. The summed E-state index contributed by atoms with van der Waals surface area (Å²) in [5.41, 5.74) is 3.31. The molecule has 0 saturated carbocycles. The lowest BCUT2D eigenvalue weighted by atomic mass is 9.54. The zero-order valence-corrected chi connectivity index (χ0v) is 21.0. The number of benzene rings is 3. The van der Waals surface area contributed by atoms with Crippen LogP contribution in [0.1, 0.15) is 29.2 Å². The number of ether oxygens (including phenoxy) is 1. The predicted octanol–water partition coefficient (Wildman–Crippen LogP) is 4.62. The summed E-state index contributed by atoms with van der Waals surface area (Å²) in [6, 6.07) is 20.7. The van der Waals surface area contributed by atoms with E-state index < -0.39 is 45.3 Å². The molecule has 0 radical (unpaired) electrons. The van der Waals surface area contributed by atoms with Crippen LogP contribution >= 0.6 is 23.2 Å². The van der Waals surface area contributed by atoms with Gasteiger partial charge in [-0.1, -0.05) is 60.7 Å². The number of hydrogen-bond donors (Lipinski definition) is 1. The normalized spacial score (nSPS) is 28.3. The smallest absolute Gasteiger partial charge is 0.247 e. The van der Waals surface area contributed by atoms with E-state index in [-0.39, 0.29) is 0 Å². The number of nitrogens with zero attached hydrogens (tertiary/aromatic N) is 1. The van der Waals surface area contributed by atoms with E-state index >= 15 is 0 Å². The Kier molecular flexibility index (Phi) is 5.01. The molecular weight excluding hydrogens is 499 g/mol. The van der Waals surface area contributed by atoms with Gasteiger partial charge in [-0.2, -0.15) is 0 Å². The molecule has 1 saturated heterocycles. The van der Waals surface area contributed by atoms with Gasteiger partial charge in [0.15, 0.2) is 0 Å². The number of carbonyl (C=O) groups excluding carboxylic acids is 3. The number of para-hydroxylation sites is 2. The zero-order valence-electron chi connectivity index (χ0n) is 19.5. The minimum atomic E-state index is -1.28. The molecule has 8 heteroatoms. The van der Waals surface area contributed by atoms with Crippen molar-refractivity contribution in [3.63, 3.8) is 0 Å². The van der Waals surface area contributed by atoms with Gasteiger partial charge in [-0.3, -0.25) is 19.3 Å². The molecule has 1 aliphatic heterocycles. The van der Waals surface area contributed by atoms with Gasteiger partial charge in [0.25, 0.3) is 0 Å². The van der Waals surface area contributed by atoms with Crippen LogP contribution in [0.3, 0.4) is 0 Å². The van der Waals surface area contributed by atoms with Crippen LogP contribution in [0, 0.1) is 11.8 Å². The van der Waals surface area contributed by atoms with E-state index in [1.54, 1.807) is 24.3 Å². The summed E-state index contributed by atoms with van der Waals surface area (Å²) in [4.78, 5) is 39.7. The molecule has 1 N–H and O–H groups in total. The van der Waals surface area contributed by atoms with Gasteiger partial charge < -0.3 is 10.1 Å². The number of rotatable bonds is 4. The molecule has 3 aliphatic carbocycles. The number of halogens is 2. The molecule has 3 aromatic rings. The van der Waals surface area contributed by atoms with Crippen LogP contribution in [0.15, 0.2) is 72.8 Å². The van der Waals surface area contributed by atoms with E-state index in [0.29, 0.717) is 11.4 Å². The van der Waals surface area contributed by atoms with E-state index in [0.717, 1.165) is 27.2 Å². The summed E-state index contributed by atoms with van der Waals surface area (Å²) in [7, 11) is 1.50. The Morgan fingerprint density at radius 3 is 1.69 bits per heavy atom. The monoisotopic (exact) mass is 520 g/mol. The highest BCUT2D eigenvalue weighted by Crippen LogP contribution is 2.69. The summed E-state index contributed by atoms with van der Waals surface area (Å²) in [6.07, 6.45) is 0. The zero-order chi connectivity index (χ0) is 25.4. The van der Waals surface area contributed by atoms with Crippen LogP contribution in [0.4, 0.5) is 5.69 Å². The van der Waals surface area contributed by atoms with Crippen molar-refractivity contribution in [1.82, 2.24) is 4.90 Å². The molecular formula is C28H22Cl2N2O4. The summed E-state index contributed by atoms with van der Waals surface area (Å²) in [5, 5.41) is 2.78. The lowest BCUT2D eigenvalue weighted by Gasteiger charge is -2.54. The van der Waals surface area contributed by atoms with Crippen LogP contribution in [0.5, 0.6) is 5.75 Å². The first-order chi connectivity index (χ1) is 17.3. The van der Waals surface area contributed by atoms with Gasteiger partial charge in [0, 0.05) is 0 Å². The third-order valence-corrected chi connectivity index (χ3v) is 9.04. The Hall–Kier alpha value is -3.35. The first-order valence-corrected chi connectivity index (χ1v) is 12.4. The van der Waals surface area contributed by atoms with Gasteiger partial charge in [-0.15, -0.1) is 23.2 Å². The summed E-state index contributed by atoms with van der Waals surface area (Å²) >= 11 is 14.9. The van der Waals surface area contributed by atoms with Gasteiger partial charge in [-0.25, -0.2) is 0 Å². The van der Waals surface area contributed by atoms with E-state index in [1.807, 2.05) is 48.5 Å². The van der Waals surface area contributed by atoms with Crippen LogP contribution in [0.2, 0.25) is 0 Å². The van der Waals surface area contributed by atoms with Gasteiger partial charge >= 0.3 is 0 Å². The van der Waals surface area contributed by atoms with Crippen molar-refractivity contribution in [2.24, 2.45) is 11.8 Å². The number of hydrogen-bond acceptors (Lipinski definition) is 4. The van der Waals surface area contributed by atoms with Crippen molar-refractivity contribution in [1.29, 1.82) is 0 Å². The molecule has 6 nitrogen and oxygen atoms in total. The highest BCUT2D eigenvalue weighted by atomic mass is 35.5. The number of amides is 3. The Morgan fingerprint density at radius 2 is 1.25 bits per heavy atom. The molecule has 36 heavy (non-hydrogen) atoms. The first-order valence-electron chi connectivity index (χ1n) is 11.6. The Bertz CT molecular complexity index is 1330. The minimum Gasteiger partial charge on any atom is -0.495 e. The quantitative estimate of drug-likeness (QED) is 0.402. The highest BCUT2D eigenvalue weighted by Gasteiger charge is 2.73. The third kappa shape index (κ3) is 2.71. The topological polar surface area (TPSA) is 75.7 Å². The van der Waals surface area contributed by atoms with Gasteiger partial charge in [-0.05, 0) is 41.3 Å². The second kappa shape index (κ2) is 7.82. The van der Waals surface area contributed by atoms with Crippen molar-refractivity contribution in [2.45, 2.75) is 22.7 Å². The second-order valence-corrected chi connectivity index (χ2v) is 10.6.